The number of nitrogens with zero attached hydrogens (tertiary/aromatic N) is 6. The van der Waals surface area contributed by atoms with E-state index in [0.29, 0.717) is 19.3 Å². The molecule has 0 radical (unpaired) electrons. The summed E-state index contributed by atoms with van der Waals surface area (Å²) >= 11 is 0. The van der Waals surface area contributed by atoms with E-state index in [1.807, 2.05) is 23.9 Å². The van der Waals surface area contributed by atoms with Crippen LogP contribution in [0, 0.1) is 0 Å². The third kappa shape index (κ3) is 3.94. The number of rotatable bonds is 6. The first-order valence-electron chi connectivity index (χ1n) is 9.56. The Hall–Kier alpha value is -2.51. The number of likely N-dealkylation sites (tertiary alicyclic amines) is 1. The van der Waals surface area contributed by atoms with E-state index in [2.05, 4.69) is 46.0 Å². The largest absolute Gasteiger partial charge is 0.374 e. The minimum Gasteiger partial charge on any atom is -0.374 e. The van der Waals surface area contributed by atoms with Crippen molar-refractivity contribution in [3.05, 3.63) is 48.5 Å². The van der Waals surface area contributed by atoms with Gasteiger partial charge in [-0.2, -0.15) is 10.2 Å². The van der Waals surface area contributed by atoms with Gasteiger partial charge in [0.05, 0.1) is 11.7 Å². The topological polar surface area (TPSA) is 61.0 Å². The Balaban J connectivity index is 1.64. The van der Waals surface area contributed by atoms with E-state index in [9.17, 15) is 0 Å². The van der Waals surface area contributed by atoms with Gasteiger partial charge in [-0.05, 0) is 70.2 Å². The van der Waals surface area contributed by atoms with E-state index in [1.54, 1.807) is 6.20 Å². The smallest absolute Gasteiger partial charge is 0.176 e. The Morgan fingerprint density at radius 1 is 1.15 bits per heavy atom. The standard InChI is InChI=1S/C20H26N6O/c1-3-27-15-19-22-20(26(23-19)18-9-13-24(2)14-10-18)16-5-7-17(8-6-16)25-12-4-11-21-25/h4-8,11-12,18H,3,9-10,13-15H2,1-2H3. The van der Waals surface area contributed by atoms with Crippen molar-refractivity contribution in [2.24, 2.45) is 0 Å². The van der Waals surface area contributed by atoms with E-state index < -0.39 is 0 Å². The maximum absolute atomic E-state index is 5.54. The number of hydrogen-bond donors (Lipinski definition) is 0. The first kappa shape index (κ1) is 17.9. The molecule has 1 aliphatic rings. The third-order valence-corrected chi connectivity index (χ3v) is 5.04. The van der Waals surface area contributed by atoms with Gasteiger partial charge in [-0.1, -0.05) is 0 Å². The van der Waals surface area contributed by atoms with Crippen LogP contribution >= 0.6 is 0 Å². The fraction of sp³-hybridized carbons (Fsp3) is 0.450. The van der Waals surface area contributed by atoms with Crippen molar-refractivity contribution >= 4 is 0 Å². The summed E-state index contributed by atoms with van der Waals surface area (Å²) in [5.41, 5.74) is 2.10. The highest BCUT2D eigenvalue weighted by atomic mass is 16.5. The second-order valence-electron chi connectivity index (χ2n) is 6.97. The number of benzene rings is 1. The normalized spacial score (nSPS) is 16.1. The van der Waals surface area contributed by atoms with Crippen LogP contribution in [0.4, 0.5) is 0 Å². The van der Waals surface area contributed by atoms with E-state index in [0.717, 1.165) is 48.8 Å². The summed E-state index contributed by atoms with van der Waals surface area (Å²) in [4.78, 5) is 7.16. The SMILES string of the molecule is CCOCc1nc(-c2ccc(-n3cccn3)cc2)n(C2CCN(C)CC2)n1. The average Bonchev–Trinajstić information content (AvgIpc) is 3.37. The molecule has 142 valence electrons. The fourth-order valence-corrected chi connectivity index (χ4v) is 3.50. The maximum Gasteiger partial charge on any atom is 0.176 e. The lowest BCUT2D eigenvalue weighted by Crippen LogP contribution is -2.32. The van der Waals surface area contributed by atoms with Crippen LogP contribution in [0.15, 0.2) is 42.7 Å². The zero-order chi connectivity index (χ0) is 18.6. The van der Waals surface area contributed by atoms with Crippen LogP contribution in [-0.2, 0) is 11.3 Å². The van der Waals surface area contributed by atoms with Crippen molar-refractivity contribution in [3.63, 3.8) is 0 Å². The maximum atomic E-state index is 5.54. The van der Waals surface area contributed by atoms with Crippen LogP contribution in [0.5, 0.6) is 0 Å². The average molecular weight is 366 g/mol. The number of aromatic nitrogens is 5. The highest BCUT2D eigenvalue weighted by Crippen LogP contribution is 2.28. The predicted octanol–water partition coefficient (Wildman–Crippen LogP) is 2.93. The van der Waals surface area contributed by atoms with Gasteiger partial charge in [-0.15, -0.1) is 0 Å². The molecule has 0 saturated carbocycles. The summed E-state index contributed by atoms with van der Waals surface area (Å²) in [5.74, 6) is 1.67. The molecule has 3 aromatic rings. The molecule has 7 nitrogen and oxygen atoms in total. The minimum atomic E-state index is 0.380. The summed E-state index contributed by atoms with van der Waals surface area (Å²) in [6.07, 6.45) is 5.90. The Bertz CT molecular complexity index is 847. The Morgan fingerprint density at radius 3 is 2.59 bits per heavy atom. The summed E-state index contributed by atoms with van der Waals surface area (Å²) in [5, 5.41) is 9.08. The minimum absolute atomic E-state index is 0.380. The monoisotopic (exact) mass is 366 g/mol. The lowest BCUT2D eigenvalue weighted by Gasteiger charge is -2.29. The van der Waals surface area contributed by atoms with E-state index in [1.165, 1.54) is 0 Å². The molecule has 0 N–H and O–H groups in total. The van der Waals surface area contributed by atoms with Crippen LogP contribution in [0.1, 0.15) is 31.6 Å². The molecule has 1 aromatic carbocycles. The first-order chi connectivity index (χ1) is 13.2. The van der Waals surface area contributed by atoms with Gasteiger partial charge in [0.1, 0.15) is 6.61 Å². The summed E-state index contributed by atoms with van der Waals surface area (Å²) in [7, 11) is 2.17. The molecule has 1 aliphatic heterocycles. The lowest BCUT2D eigenvalue weighted by atomic mass is 10.1. The highest BCUT2D eigenvalue weighted by Gasteiger charge is 2.23. The van der Waals surface area contributed by atoms with Crippen molar-refractivity contribution in [1.82, 2.24) is 29.4 Å². The molecular weight excluding hydrogens is 340 g/mol. The predicted molar refractivity (Wildman–Crippen MR) is 104 cm³/mol. The molecule has 1 saturated heterocycles. The number of ether oxygens (including phenoxy) is 1. The van der Waals surface area contributed by atoms with E-state index >= 15 is 0 Å². The van der Waals surface area contributed by atoms with Crippen LogP contribution in [0.3, 0.4) is 0 Å². The quantitative estimate of drug-likeness (QED) is 0.671. The number of hydrogen-bond acceptors (Lipinski definition) is 5. The summed E-state index contributed by atoms with van der Waals surface area (Å²) < 4.78 is 9.51. The molecule has 7 heteroatoms. The van der Waals surface area contributed by atoms with Crippen molar-refractivity contribution in [2.45, 2.75) is 32.4 Å². The molecule has 0 aliphatic carbocycles. The Morgan fingerprint density at radius 2 is 1.93 bits per heavy atom. The van der Waals surface area contributed by atoms with Gasteiger partial charge in [0.15, 0.2) is 11.6 Å². The molecule has 0 atom stereocenters. The van der Waals surface area contributed by atoms with E-state index in [-0.39, 0.29) is 0 Å². The molecule has 1 fully saturated rings. The Kier molecular flexibility index (Phi) is 5.31. The molecule has 27 heavy (non-hydrogen) atoms. The molecule has 0 bridgehead atoms. The first-order valence-corrected chi connectivity index (χ1v) is 9.56. The molecular formula is C20H26N6O. The molecule has 0 spiro atoms. The molecule has 2 aromatic heterocycles. The fourth-order valence-electron chi connectivity index (χ4n) is 3.50. The molecule has 4 rings (SSSR count). The second-order valence-corrected chi connectivity index (χ2v) is 6.97. The molecule has 0 amide bonds. The zero-order valence-electron chi connectivity index (χ0n) is 16.0. The van der Waals surface area contributed by atoms with Crippen molar-refractivity contribution < 1.29 is 4.74 Å². The van der Waals surface area contributed by atoms with Crippen molar-refractivity contribution in [1.29, 1.82) is 0 Å². The van der Waals surface area contributed by atoms with Gasteiger partial charge in [0.2, 0.25) is 0 Å². The lowest BCUT2D eigenvalue weighted by molar-refractivity contribution is 0.127. The second kappa shape index (κ2) is 8.02. The van der Waals surface area contributed by atoms with E-state index in [4.69, 9.17) is 14.8 Å². The van der Waals surface area contributed by atoms with Crippen LogP contribution in [0.2, 0.25) is 0 Å². The van der Waals surface area contributed by atoms with Gasteiger partial charge in [0, 0.05) is 24.6 Å². The van der Waals surface area contributed by atoms with Gasteiger partial charge < -0.3 is 9.64 Å². The zero-order valence-corrected chi connectivity index (χ0v) is 16.0. The number of piperidine rings is 1. The van der Waals surface area contributed by atoms with Gasteiger partial charge in [0.25, 0.3) is 0 Å². The van der Waals surface area contributed by atoms with Crippen LogP contribution in [-0.4, -0.2) is 56.2 Å². The third-order valence-electron chi connectivity index (χ3n) is 5.04. The van der Waals surface area contributed by atoms with Gasteiger partial charge in [-0.25, -0.2) is 14.3 Å². The van der Waals surface area contributed by atoms with Gasteiger partial charge in [-0.3, -0.25) is 0 Å². The highest BCUT2D eigenvalue weighted by molar-refractivity contribution is 5.57. The van der Waals surface area contributed by atoms with Gasteiger partial charge >= 0.3 is 0 Å². The Labute approximate surface area is 159 Å². The molecule has 3 heterocycles. The summed E-state index contributed by atoms with van der Waals surface area (Å²) in [6.45, 7) is 5.28. The van der Waals surface area contributed by atoms with Crippen LogP contribution < -0.4 is 0 Å². The van der Waals surface area contributed by atoms with Crippen molar-refractivity contribution in [2.75, 3.05) is 26.7 Å². The van der Waals surface area contributed by atoms with Crippen molar-refractivity contribution in [3.8, 4) is 17.1 Å². The van der Waals surface area contributed by atoms with Crippen LogP contribution in [0.25, 0.3) is 17.1 Å². The molecule has 0 unspecified atom stereocenters. The summed E-state index contributed by atoms with van der Waals surface area (Å²) in [6, 6.07) is 10.6.